The van der Waals surface area contributed by atoms with Gasteiger partial charge in [-0.3, -0.25) is 4.99 Å². The van der Waals surface area contributed by atoms with Crippen molar-refractivity contribution in [2.45, 2.75) is 6.42 Å². The molecule has 27 heavy (non-hydrogen) atoms. The van der Waals surface area contributed by atoms with Crippen LogP contribution in [0.2, 0.25) is 0 Å². The highest BCUT2D eigenvalue weighted by Crippen LogP contribution is 2.20. The maximum absolute atomic E-state index is 4.30. The lowest BCUT2D eigenvalue weighted by atomic mass is 10.1. The number of allylic oxidation sites excluding steroid dienone is 1. The molecule has 0 saturated carbocycles. The van der Waals surface area contributed by atoms with E-state index in [0.717, 1.165) is 36.7 Å². The van der Waals surface area contributed by atoms with Crippen LogP contribution in [0.15, 0.2) is 71.0 Å². The van der Waals surface area contributed by atoms with Crippen LogP contribution < -0.4 is 15.1 Å². The van der Waals surface area contributed by atoms with Gasteiger partial charge >= 0.3 is 0 Å². The van der Waals surface area contributed by atoms with Gasteiger partial charge in [-0.2, -0.15) is 5.10 Å². The quantitative estimate of drug-likeness (QED) is 0.427. The van der Waals surface area contributed by atoms with Crippen molar-refractivity contribution in [3.8, 4) is 11.3 Å². The molecule has 0 bridgehead atoms. The van der Waals surface area contributed by atoms with Crippen LogP contribution in [0.5, 0.6) is 0 Å². The fourth-order valence-electron chi connectivity index (χ4n) is 3.12. The maximum Gasteiger partial charge on any atom is 0.286 e. The highest BCUT2D eigenvalue weighted by atomic mass is 15.4. The number of imidazole rings is 1. The molecule has 2 N–H and O–H groups in total. The zero-order chi connectivity index (χ0) is 18.5. The van der Waals surface area contributed by atoms with Crippen molar-refractivity contribution >= 4 is 23.9 Å². The molecular formula is C21H23N6+. The first-order chi connectivity index (χ1) is 13.3. The standard InChI is InChI=1S/C21H23N6/c1-26-19(16-27-15-3-2-7-20(26)27)18-10-8-17(9-11-18)6-4-14-24-25-21-22-12-5-13-23-21/h2-4,6-11,14-16H,5,12-13H2,1H3,(H2,22,23,25)/q+1/b6-4+,24-14+. The second-order valence-corrected chi connectivity index (χ2v) is 6.42. The minimum absolute atomic E-state index is 0.739. The number of fused-ring (bicyclic) bond motifs is 1. The Hall–Kier alpha value is -3.41. The molecule has 0 amide bonds. The van der Waals surface area contributed by atoms with Crippen LogP contribution in [-0.2, 0) is 7.05 Å². The Morgan fingerprint density at radius 1 is 1.22 bits per heavy atom. The SMILES string of the molecule is Cn1c(-c2ccc(/C=C/C=N/NC3=NCCCN3)cc2)c[n+]2ccccc12. The molecule has 136 valence electrons. The Morgan fingerprint density at radius 3 is 2.89 bits per heavy atom. The minimum Gasteiger partial charge on any atom is -0.355 e. The smallest absolute Gasteiger partial charge is 0.286 e. The Bertz CT molecular complexity index is 1010. The molecule has 2 aromatic heterocycles. The number of hydrazone groups is 1. The summed E-state index contributed by atoms with van der Waals surface area (Å²) in [5, 5.41) is 7.31. The summed E-state index contributed by atoms with van der Waals surface area (Å²) >= 11 is 0. The fourth-order valence-corrected chi connectivity index (χ4v) is 3.12. The van der Waals surface area contributed by atoms with E-state index in [4.69, 9.17) is 0 Å². The predicted molar refractivity (Wildman–Crippen MR) is 110 cm³/mol. The summed E-state index contributed by atoms with van der Waals surface area (Å²) in [7, 11) is 2.09. The number of hydrogen-bond donors (Lipinski definition) is 2. The van der Waals surface area contributed by atoms with Crippen LogP contribution in [0.4, 0.5) is 0 Å². The van der Waals surface area contributed by atoms with E-state index < -0.39 is 0 Å². The Morgan fingerprint density at radius 2 is 2.11 bits per heavy atom. The minimum atomic E-state index is 0.739. The summed E-state index contributed by atoms with van der Waals surface area (Å²) in [6, 6.07) is 14.7. The summed E-state index contributed by atoms with van der Waals surface area (Å²) in [4.78, 5) is 4.30. The van der Waals surface area contributed by atoms with Crippen LogP contribution in [0.3, 0.4) is 0 Å². The van der Waals surface area contributed by atoms with E-state index in [2.05, 4.69) is 85.6 Å². The van der Waals surface area contributed by atoms with Gasteiger partial charge in [0.2, 0.25) is 5.96 Å². The molecular weight excluding hydrogens is 336 g/mol. The number of nitrogens with one attached hydrogen (secondary N) is 2. The monoisotopic (exact) mass is 359 g/mol. The third kappa shape index (κ3) is 3.89. The zero-order valence-electron chi connectivity index (χ0n) is 15.3. The molecule has 3 aromatic rings. The van der Waals surface area contributed by atoms with Crippen molar-refractivity contribution in [3.05, 3.63) is 66.5 Å². The normalized spacial score (nSPS) is 14.6. The zero-order valence-corrected chi connectivity index (χ0v) is 15.3. The van der Waals surface area contributed by atoms with Crippen molar-refractivity contribution in [2.24, 2.45) is 17.1 Å². The van der Waals surface area contributed by atoms with Gasteiger partial charge in [-0.25, -0.2) is 14.4 Å². The average molecular weight is 359 g/mol. The summed E-state index contributed by atoms with van der Waals surface area (Å²) in [5.74, 6) is 0.739. The highest BCUT2D eigenvalue weighted by molar-refractivity contribution is 5.83. The summed E-state index contributed by atoms with van der Waals surface area (Å²) in [5.41, 5.74) is 7.58. The average Bonchev–Trinajstić information content (AvgIpc) is 3.06. The van der Waals surface area contributed by atoms with Crippen LogP contribution in [0.1, 0.15) is 12.0 Å². The van der Waals surface area contributed by atoms with Gasteiger partial charge in [0, 0.05) is 30.9 Å². The molecule has 0 spiro atoms. The van der Waals surface area contributed by atoms with Gasteiger partial charge in [0.25, 0.3) is 5.65 Å². The molecule has 3 heterocycles. The number of guanidine groups is 1. The van der Waals surface area contributed by atoms with Crippen LogP contribution >= 0.6 is 0 Å². The first-order valence-corrected chi connectivity index (χ1v) is 9.11. The lowest BCUT2D eigenvalue weighted by Gasteiger charge is -2.12. The molecule has 0 unspecified atom stereocenters. The van der Waals surface area contributed by atoms with Crippen molar-refractivity contribution in [2.75, 3.05) is 13.1 Å². The second kappa shape index (κ2) is 7.86. The number of aromatic nitrogens is 2. The number of aliphatic imine (C=N–C) groups is 1. The van der Waals surface area contributed by atoms with Gasteiger partial charge in [0.05, 0.1) is 13.2 Å². The summed E-state index contributed by atoms with van der Waals surface area (Å²) in [6.45, 7) is 1.79. The molecule has 0 fully saturated rings. The van der Waals surface area contributed by atoms with E-state index in [9.17, 15) is 0 Å². The second-order valence-electron chi connectivity index (χ2n) is 6.42. The van der Waals surface area contributed by atoms with Crippen LogP contribution in [0.25, 0.3) is 23.0 Å². The fraction of sp³-hybridized carbons (Fsp3) is 0.190. The molecule has 0 aliphatic carbocycles. The molecule has 0 saturated heterocycles. The molecule has 0 atom stereocenters. The van der Waals surface area contributed by atoms with E-state index in [0.29, 0.717) is 0 Å². The maximum atomic E-state index is 4.30. The van der Waals surface area contributed by atoms with Crippen molar-refractivity contribution < 1.29 is 4.40 Å². The topological polar surface area (TPSA) is 57.8 Å². The van der Waals surface area contributed by atoms with Gasteiger partial charge in [-0.15, -0.1) is 0 Å². The molecule has 6 nitrogen and oxygen atoms in total. The summed E-state index contributed by atoms with van der Waals surface area (Å²) < 4.78 is 4.34. The van der Waals surface area contributed by atoms with Gasteiger partial charge in [-0.1, -0.05) is 24.3 Å². The third-order valence-corrected chi connectivity index (χ3v) is 4.56. The number of rotatable bonds is 4. The molecule has 1 aromatic carbocycles. The van der Waals surface area contributed by atoms with Crippen molar-refractivity contribution in [1.29, 1.82) is 0 Å². The number of benzene rings is 1. The predicted octanol–water partition coefficient (Wildman–Crippen LogP) is 2.37. The van der Waals surface area contributed by atoms with Crippen LogP contribution in [0, 0.1) is 0 Å². The van der Waals surface area contributed by atoms with E-state index in [1.165, 1.54) is 11.3 Å². The van der Waals surface area contributed by atoms with E-state index >= 15 is 0 Å². The molecule has 1 aliphatic heterocycles. The largest absolute Gasteiger partial charge is 0.355 e. The van der Waals surface area contributed by atoms with E-state index in [1.807, 2.05) is 18.2 Å². The Kier molecular flexibility index (Phi) is 4.96. The molecule has 1 aliphatic rings. The van der Waals surface area contributed by atoms with Crippen molar-refractivity contribution in [1.82, 2.24) is 15.3 Å². The Balaban J connectivity index is 1.42. The molecule has 0 radical (unpaired) electrons. The molecule has 4 rings (SSSR count). The highest BCUT2D eigenvalue weighted by Gasteiger charge is 2.14. The number of pyridine rings is 1. The number of hydrogen-bond acceptors (Lipinski definition) is 4. The number of aryl methyl sites for hydroxylation is 1. The van der Waals surface area contributed by atoms with Gasteiger partial charge < -0.3 is 5.32 Å². The van der Waals surface area contributed by atoms with Gasteiger partial charge in [-0.05, 0) is 36.3 Å². The molecule has 6 heteroatoms. The third-order valence-electron chi connectivity index (χ3n) is 4.56. The number of nitrogens with zero attached hydrogens (tertiary/aromatic N) is 4. The lowest BCUT2D eigenvalue weighted by Crippen LogP contribution is -2.38. The first kappa shape index (κ1) is 17.0. The van der Waals surface area contributed by atoms with Gasteiger partial charge in [0.1, 0.15) is 6.20 Å². The van der Waals surface area contributed by atoms with Gasteiger partial charge in [0.15, 0.2) is 5.69 Å². The lowest BCUT2D eigenvalue weighted by molar-refractivity contribution is -0.510. The van der Waals surface area contributed by atoms with Crippen molar-refractivity contribution in [3.63, 3.8) is 0 Å². The Labute approximate surface area is 158 Å². The first-order valence-electron chi connectivity index (χ1n) is 9.11. The van der Waals surface area contributed by atoms with E-state index in [-0.39, 0.29) is 0 Å². The summed E-state index contributed by atoms with van der Waals surface area (Å²) in [6.07, 6.45) is 11.0. The van der Waals surface area contributed by atoms with Crippen LogP contribution in [-0.4, -0.2) is 29.8 Å². The van der Waals surface area contributed by atoms with E-state index in [1.54, 1.807) is 6.21 Å².